The summed E-state index contributed by atoms with van der Waals surface area (Å²) in [6.07, 6.45) is 5.13. The molecule has 0 aliphatic carbocycles. The summed E-state index contributed by atoms with van der Waals surface area (Å²) in [5, 5.41) is 13.6. The van der Waals surface area contributed by atoms with Gasteiger partial charge in [0.25, 0.3) is 0 Å². The molecule has 2 N–H and O–H groups in total. The first-order valence-electron chi connectivity index (χ1n) is 8.16. The largest absolute Gasteiger partial charge is 0.478 e. The van der Waals surface area contributed by atoms with Gasteiger partial charge < -0.3 is 10.4 Å². The van der Waals surface area contributed by atoms with E-state index in [1.165, 1.54) is 5.56 Å². The van der Waals surface area contributed by atoms with E-state index in [1.807, 2.05) is 24.4 Å². The molecular formula is C20H20N2O2. The molecule has 0 atom stereocenters. The van der Waals surface area contributed by atoms with Gasteiger partial charge in [0.15, 0.2) is 0 Å². The average molecular weight is 320 g/mol. The van der Waals surface area contributed by atoms with E-state index in [9.17, 15) is 4.79 Å². The Morgan fingerprint density at radius 2 is 1.88 bits per heavy atom. The van der Waals surface area contributed by atoms with Crippen molar-refractivity contribution in [2.75, 3.05) is 5.32 Å². The number of aryl methyl sites for hydroxylation is 1. The Bertz CT molecular complexity index is 857. The molecule has 3 rings (SSSR count). The molecule has 0 fully saturated rings. The molecule has 122 valence electrons. The van der Waals surface area contributed by atoms with E-state index in [0.29, 0.717) is 0 Å². The lowest BCUT2D eigenvalue weighted by Gasteiger charge is -2.15. The van der Waals surface area contributed by atoms with Crippen molar-refractivity contribution in [1.82, 2.24) is 4.98 Å². The summed E-state index contributed by atoms with van der Waals surface area (Å²) in [7, 11) is 0. The van der Waals surface area contributed by atoms with Crippen LogP contribution in [0, 0.1) is 0 Å². The lowest BCUT2D eigenvalue weighted by molar-refractivity contribution is 0.0697. The molecule has 0 bridgehead atoms. The monoisotopic (exact) mass is 320 g/mol. The summed E-state index contributed by atoms with van der Waals surface area (Å²) in [4.78, 5) is 15.5. The Morgan fingerprint density at radius 3 is 2.58 bits per heavy atom. The molecule has 4 nitrogen and oxygen atoms in total. The quantitative estimate of drug-likeness (QED) is 0.669. The van der Waals surface area contributed by atoms with E-state index in [1.54, 1.807) is 24.3 Å². The number of benzene rings is 2. The highest BCUT2D eigenvalue weighted by Gasteiger charge is 2.09. The van der Waals surface area contributed by atoms with E-state index in [-0.39, 0.29) is 5.56 Å². The molecule has 4 heteroatoms. The number of pyridine rings is 1. The summed E-state index contributed by atoms with van der Waals surface area (Å²) in [5.74, 6) is -0.917. The number of hydrogen-bond acceptors (Lipinski definition) is 3. The predicted octanol–water partition coefficient (Wildman–Crippen LogP) is 5.02. The van der Waals surface area contributed by atoms with Gasteiger partial charge in [0.1, 0.15) is 0 Å². The maximum atomic E-state index is 11.0. The summed E-state index contributed by atoms with van der Waals surface area (Å²) in [6.45, 7) is 2.17. The van der Waals surface area contributed by atoms with Crippen molar-refractivity contribution >= 4 is 28.2 Å². The van der Waals surface area contributed by atoms with Crippen molar-refractivity contribution < 1.29 is 9.90 Å². The van der Waals surface area contributed by atoms with Crippen LogP contribution in [0.4, 0.5) is 11.4 Å². The first-order chi connectivity index (χ1) is 11.7. The molecule has 1 aromatic heterocycles. The van der Waals surface area contributed by atoms with Crippen LogP contribution in [0.25, 0.3) is 10.9 Å². The molecule has 0 radical (unpaired) electrons. The minimum absolute atomic E-state index is 0.284. The molecule has 1 heterocycles. The smallest absolute Gasteiger partial charge is 0.335 e. The molecule has 0 saturated heterocycles. The van der Waals surface area contributed by atoms with Gasteiger partial charge >= 0.3 is 5.97 Å². The Hall–Kier alpha value is -2.88. The zero-order chi connectivity index (χ0) is 16.9. The average Bonchev–Trinajstić information content (AvgIpc) is 2.61. The van der Waals surface area contributed by atoms with Gasteiger partial charge in [0.2, 0.25) is 0 Å². The Labute approximate surface area is 141 Å². The van der Waals surface area contributed by atoms with Crippen molar-refractivity contribution in [1.29, 1.82) is 0 Å². The Morgan fingerprint density at radius 1 is 1.12 bits per heavy atom. The normalized spacial score (nSPS) is 10.7. The summed E-state index contributed by atoms with van der Waals surface area (Å²) < 4.78 is 0. The van der Waals surface area contributed by atoms with Gasteiger partial charge in [-0.25, -0.2) is 4.79 Å². The minimum atomic E-state index is -0.917. The van der Waals surface area contributed by atoms with E-state index in [0.717, 1.165) is 41.5 Å². The zero-order valence-electron chi connectivity index (χ0n) is 13.6. The number of carbonyl (C=O) groups is 1. The highest BCUT2D eigenvalue weighted by Crippen LogP contribution is 2.30. The molecule has 0 aliphatic rings. The maximum Gasteiger partial charge on any atom is 0.335 e. The van der Waals surface area contributed by atoms with Crippen LogP contribution in [0.1, 0.15) is 35.7 Å². The number of carboxylic acids is 1. The van der Waals surface area contributed by atoms with Crippen molar-refractivity contribution in [3.8, 4) is 0 Å². The molecule has 0 amide bonds. The van der Waals surface area contributed by atoms with Crippen molar-refractivity contribution in [3.63, 3.8) is 0 Å². The molecular weight excluding hydrogens is 300 g/mol. The van der Waals surface area contributed by atoms with Crippen LogP contribution in [0.3, 0.4) is 0 Å². The third kappa shape index (κ3) is 3.38. The van der Waals surface area contributed by atoms with Gasteiger partial charge in [-0.1, -0.05) is 31.5 Å². The van der Waals surface area contributed by atoms with Crippen LogP contribution < -0.4 is 5.32 Å². The van der Waals surface area contributed by atoms with Gasteiger partial charge in [-0.15, -0.1) is 0 Å². The second-order valence-corrected chi connectivity index (χ2v) is 5.79. The van der Waals surface area contributed by atoms with Crippen molar-refractivity contribution in [3.05, 3.63) is 65.9 Å². The number of nitrogens with one attached hydrogen (secondary N) is 1. The number of unbranched alkanes of at least 4 members (excludes halogenated alkanes) is 1. The van der Waals surface area contributed by atoms with Crippen LogP contribution in [0.15, 0.2) is 54.7 Å². The van der Waals surface area contributed by atoms with Crippen molar-refractivity contribution in [2.45, 2.75) is 26.2 Å². The topological polar surface area (TPSA) is 62.2 Å². The fraction of sp³-hybridized carbons (Fsp3) is 0.200. The highest BCUT2D eigenvalue weighted by molar-refractivity contribution is 5.95. The molecule has 3 aromatic rings. The fourth-order valence-corrected chi connectivity index (χ4v) is 2.73. The van der Waals surface area contributed by atoms with Crippen molar-refractivity contribution in [2.24, 2.45) is 0 Å². The predicted molar refractivity (Wildman–Crippen MR) is 97.0 cm³/mol. The Kier molecular flexibility index (Phi) is 4.75. The standard InChI is InChI=1S/C20H20N2O2/c1-2-3-6-15-13-21-18-8-5-4-7-17(18)19(15)22-16-11-9-14(10-12-16)20(23)24/h4-5,7-13H,2-3,6H2,1H3,(H,21,22)(H,23,24). The number of para-hydroxylation sites is 1. The third-order valence-corrected chi connectivity index (χ3v) is 4.05. The summed E-state index contributed by atoms with van der Waals surface area (Å²) in [6, 6.07) is 14.9. The molecule has 0 unspecified atom stereocenters. The number of nitrogens with zero attached hydrogens (tertiary/aromatic N) is 1. The summed E-state index contributed by atoms with van der Waals surface area (Å²) >= 11 is 0. The molecule has 2 aromatic carbocycles. The molecule has 0 spiro atoms. The van der Waals surface area contributed by atoms with Crippen LogP contribution in [0.5, 0.6) is 0 Å². The first-order valence-corrected chi connectivity index (χ1v) is 8.16. The second-order valence-electron chi connectivity index (χ2n) is 5.79. The number of carboxylic acid groups (broad SMARTS) is 1. The van der Waals surface area contributed by atoms with Gasteiger partial charge in [0.05, 0.1) is 16.8 Å². The second kappa shape index (κ2) is 7.13. The minimum Gasteiger partial charge on any atom is -0.478 e. The van der Waals surface area contributed by atoms with Gasteiger partial charge in [-0.05, 0) is 48.7 Å². The lowest BCUT2D eigenvalue weighted by atomic mass is 10.0. The molecule has 0 saturated carbocycles. The van der Waals surface area contributed by atoms with E-state index < -0.39 is 5.97 Å². The van der Waals surface area contributed by atoms with Crippen LogP contribution in [-0.4, -0.2) is 16.1 Å². The van der Waals surface area contributed by atoms with E-state index in [4.69, 9.17) is 5.11 Å². The number of anilines is 2. The third-order valence-electron chi connectivity index (χ3n) is 4.05. The van der Waals surface area contributed by atoms with Gasteiger partial charge in [-0.3, -0.25) is 4.98 Å². The number of rotatable bonds is 6. The van der Waals surface area contributed by atoms with E-state index in [2.05, 4.69) is 23.3 Å². The Balaban J connectivity index is 2.00. The number of hydrogen-bond donors (Lipinski definition) is 2. The number of aromatic carboxylic acids is 1. The van der Waals surface area contributed by atoms with Crippen LogP contribution in [0.2, 0.25) is 0 Å². The van der Waals surface area contributed by atoms with Crippen LogP contribution >= 0.6 is 0 Å². The van der Waals surface area contributed by atoms with Crippen LogP contribution in [-0.2, 0) is 6.42 Å². The van der Waals surface area contributed by atoms with E-state index >= 15 is 0 Å². The SMILES string of the molecule is CCCCc1cnc2ccccc2c1Nc1ccc(C(=O)O)cc1. The molecule has 24 heavy (non-hydrogen) atoms. The lowest BCUT2D eigenvalue weighted by Crippen LogP contribution is -2.00. The maximum absolute atomic E-state index is 11.0. The number of fused-ring (bicyclic) bond motifs is 1. The zero-order valence-corrected chi connectivity index (χ0v) is 13.6. The molecule has 0 aliphatic heterocycles. The van der Waals surface area contributed by atoms with Gasteiger partial charge in [-0.2, -0.15) is 0 Å². The highest BCUT2D eigenvalue weighted by atomic mass is 16.4. The van der Waals surface area contributed by atoms with Gasteiger partial charge in [0, 0.05) is 17.3 Å². The first kappa shape index (κ1) is 16.0. The fourth-order valence-electron chi connectivity index (χ4n) is 2.73. The summed E-state index contributed by atoms with van der Waals surface area (Å²) in [5.41, 5.74) is 4.33. The number of aromatic nitrogens is 1.